The second kappa shape index (κ2) is 19.7. The number of nitrogens with two attached hydrogens (primary N) is 7. The maximum atomic E-state index is 13.2. The minimum Gasteiger partial charge on any atom is -0.480 e. The van der Waals surface area contributed by atoms with Gasteiger partial charge < -0.3 is 61.2 Å². The van der Waals surface area contributed by atoms with Crippen molar-refractivity contribution in [2.75, 3.05) is 19.6 Å². The predicted molar refractivity (Wildman–Crippen MR) is 156 cm³/mol. The summed E-state index contributed by atoms with van der Waals surface area (Å²) in [5.74, 6) is -3.97. The van der Waals surface area contributed by atoms with Gasteiger partial charge in [0.15, 0.2) is 17.9 Å². The van der Waals surface area contributed by atoms with Gasteiger partial charge in [0.1, 0.15) is 18.1 Å². The van der Waals surface area contributed by atoms with Crippen LogP contribution in [-0.4, -0.2) is 90.5 Å². The van der Waals surface area contributed by atoms with Gasteiger partial charge in [0, 0.05) is 19.6 Å². The summed E-state index contributed by atoms with van der Waals surface area (Å²) < 4.78 is 0. The number of carbonyl (C=O) groups excluding carboxylic acids is 3. The van der Waals surface area contributed by atoms with Gasteiger partial charge in [0.05, 0.1) is 6.04 Å². The Hall–Kier alpha value is -4.35. The number of carbonyl (C=O) groups is 4. The molecule has 3 amide bonds. The number of rotatable bonds is 20. The summed E-state index contributed by atoms with van der Waals surface area (Å²) in [6.45, 7) is 4.02. The average Bonchev–Trinajstić information content (AvgIpc) is 2.87. The SMILES string of the molecule is CC(C)C(NC(=O)C(CCCN=C(N)N)NC(=O)C(N)CCCN=C(N)N)C(=O)NC(CCCN=C(N)N)C(=O)O. The molecule has 0 aliphatic heterocycles. The van der Waals surface area contributed by atoms with Gasteiger partial charge in [-0.2, -0.15) is 0 Å². The molecule has 41 heavy (non-hydrogen) atoms. The smallest absolute Gasteiger partial charge is 0.326 e. The van der Waals surface area contributed by atoms with E-state index < -0.39 is 53.8 Å². The van der Waals surface area contributed by atoms with E-state index in [9.17, 15) is 24.3 Å². The molecule has 18 N–H and O–H groups in total. The summed E-state index contributed by atoms with van der Waals surface area (Å²) in [5.41, 5.74) is 37.8. The van der Waals surface area contributed by atoms with Crippen molar-refractivity contribution in [2.45, 2.75) is 76.5 Å². The van der Waals surface area contributed by atoms with Crippen LogP contribution in [0.4, 0.5) is 0 Å². The normalized spacial score (nSPS) is 13.6. The fourth-order valence-electron chi connectivity index (χ4n) is 3.51. The molecule has 0 aromatic rings. The highest BCUT2D eigenvalue weighted by atomic mass is 16.4. The molecule has 18 nitrogen and oxygen atoms in total. The Morgan fingerprint density at radius 1 is 0.634 bits per heavy atom. The van der Waals surface area contributed by atoms with E-state index in [2.05, 4.69) is 30.9 Å². The fourth-order valence-corrected chi connectivity index (χ4v) is 3.51. The van der Waals surface area contributed by atoms with Crippen LogP contribution in [-0.2, 0) is 19.2 Å². The standard InChI is InChI=1S/C23H47N13O5/c1-12(2)16(19(39)35-15(20(40)41)8-5-11-33-23(29)30)36-18(38)14(7-4-10-32-22(27)28)34-17(37)13(24)6-3-9-31-21(25)26/h12-16H,3-11,24H2,1-2H3,(H,34,37)(H,35,39)(H,36,38)(H,40,41)(H4,25,26,31)(H4,27,28,32)(H4,29,30,33). The topological polar surface area (TPSA) is 344 Å². The highest BCUT2D eigenvalue weighted by Crippen LogP contribution is 2.08. The van der Waals surface area contributed by atoms with Gasteiger partial charge in [-0.25, -0.2) is 4.79 Å². The first kappa shape index (κ1) is 36.6. The zero-order chi connectivity index (χ0) is 31.5. The molecule has 0 saturated heterocycles. The monoisotopic (exact) mass is 585 g/mol. The van der Waals surface area contributed by atoms with Gasteiger partial charge in [-0.15, -0.1) is 0 Å². The van der Waals surface area contributed by atoms with E-state index in [0.717, 1.165) is 0 Å². The Morgan fingerprint density at radius 2 is 1.05 bits per heavy atom. The molecule has 234 valence electrons. The lowest BCUT2D eigenvalue weighted by molar-refractivity contribution is -0.142. The first-order chi connectivity index (χ1) is 19.1. The molecule has 4 unspecified atom stereocenters. The third kappa shape index (κ3) is 17.1. The maximum Gasteiger partial charge on any atom is 0.326 e. The molecule has 0 fully saturated rings. The van der Waals surface area contributed by atoms with Gasteiger partial charge >= 0.3 is 5.97 Å². The summed E-state index contributed by atoms with van der Waals surface area (Å²) >= 11 is 0. The van der Waals surface area contributed by atoms with Crippen LogP contribution < -0.4 is 56.1 Å². The van der Waals surface area contributed by atoms with Crippen LogP contribution in [0.25, 0.3) is 0 Å². The molecular weight excluding hydrogens is 538 g/mol. The van der Waals surface area contributed by atoms with E-state index >= 15 is 0 Å². The van der Waals surface area contributed by atoms with Crippen molar-refractivity contribution in [1.29, 1.82) is 0 Å². The molecule has 0 aliphatic carbocycles. The zero-order valence-electron chi connectivity index (χ0n) is 23.7. The molecule has 0 saturated carbocycles. The van der Waals surface area contributed by atoms with Gasteiger partial charge in [0.25, 0.3) is 0 Å². The van der Waals surface area contributed by atoms with Crippen molar-refractivity contribution < 1.29 is 24.3 Å². The molecule has 0 rings (SSSR count). The molecule has 0 bridgehead atoms. The van der Waals surface area contributed by atoms with E-state index in [1.165, 1.54) is 0 Å². The Bertz CT molecular complexity index is 942. The van der Waals surface area contributed by atoms with Gasteiger partial charge in [0.2, 0.25) is 17.7 Å². The Morgan fingerprint density at radius 3 is 1.46 bits per heavy atom. The largest absolute Gasteiger partial charge is 0.480 e. The van der Waals surface area contributed by atoms with Gasteiger partial charge in [-0.1, -0.05) is 13.8 Å². The zero-order valence-corrected chi connectivity index (χ0v) is 23.7. The Kier molecular flexibility index (Phi) is 17.6. The fraction of sp³-hybridized carbons (Fsp3) is 0.696. The number of amides is 3. The third-order valence-electron chi connectivity index (χ3n) is 5.69. The molecule has 0 heterocycles. The number of aliphatic imine (C=N–C) groups is 3. The van der Waals surface area contributed by atoms with Gasteiger partial charge in [-0.3, -0.25) is 29.4 Å². The van der Waals surface area contributed by atoms with E-state index in [1.807, 2.05) is 0 Å². The van der Waals surface area contributed by atoms with Crippen LogP contribution >= 0.6 is 0 Å². The number of nitrogens with zero attached hydrogens (tertiary/aromatic N) is 3. The minimum atomic E-state index is -1.25. The number of carboxylic acids is 1. The second-order valence-electron chi connectivity index (χ2n) is 9.64. The number of aliphatic carboxylic acids is 1. The Labute approximate surface area is 239 Å². The summed E-state index contributed by atoms with van der Waals surface area (Å²) in [6.07, 6.45) is 1.49. The molecule has 18 heteroatoms. The van der Waals surface area contributed by atoms with E-state index in [0.29, 0.717) is 19.3 Å². The number of guanidine groups is 3. The molecule has 0 aromatic carbocycles. The summed E-state index contributed by atoms with van der Waals surface area (Å²) in [7, 11) is 0. The van der Waals surface area contributed by atoms with E-state index in [1.54, 1.807) is 13.8 Å². The van der Waals surface area contributed by atoms with Crippen LogP contribution in [0.2, 0.25) is 0 Å². The first-order valence-corrected chi connectivity index (χ1v) is 13.2. The predicted octanol–water partition coefficient (Wildman–Crippen LogP) is -4.33. The van der Waals surface area contributed by atoms with Crippen molar-refractivity contribution in [3.63, 3.8) is 0 Å². The molecular formula is C23H47N13O5. The maximum absolute atomic E-state index is 13.2. The quantitative estimate of drug-likeness (QED) is 0.0367. The van der Waals surface area contributed by atoms with Crippen LogP contribution in [0, 0.1) is 5.92 Å². The molecule has 0 radical (unpaired) electrons. The summed E-state index contributed by atoms with van der Waals surface area (Å²) in [6, 6.07) is -4.37. The highest BCUT2D eigenvalue weighted by molar-refractivity contribution is 5.94. The van der Waals surface area contributed by atoms with E-state index in [4.69, 9.17) is 40.1 Å². The number of hydrogen-bond acceptors (Lipinski definition) is 8. The molecule has 0 aliphatic rings. The van der Waals surface area contributed by atoms with Crippen LogP contribution in [0.1, 0.15) is 52.4 Å². The van der Waals surface area contributed by atoms with E-state index in [-0.39, 0.29) is 56.8 Å². The van der Waals surface area contributed by atoms with Crippen molar-refractivity contribution in [2.24, 2.45) is 61.0 Å². The van der Waals surface area contributed by atoms with Crippen molar-refractivity contribution in [1.82, 2.24) is 16.0 Å². The lowest BCUT2D eigenvalue weighted by atomic mass is 10.0. The highest BCUT2D eigenvalue weighted by Gasteiger charge is 2.31. The molecule has 4 atom stereocenters. The molecule has 0 aromatic heterocycles. The number of hydrogen-bond donors (Lipinski definition) is 11. The lowest BCUT2D eigenvalue weighted by Crippen LogP contribution is -2.58. The number of carboxylic acid groups (broad SMARTS) is 1. The average molecular weight is 586 g/mol. The first-order valence-electron chi connectivity index (χ1n) is 13.2. The summed E-state index contributed by atoms with van der Waals surface area (Å²) in [5, 5.41) is 17.2. The number of nitrogens with one attached hydrogen (secondary N) is 3. The summed E-state index contributed by atoms with van der Waals surface area (Å²) in [4.78, 5) is 62.2. The van der Waals surface area contributed by atoms with Crippen molar-refractivity contribution in [3.8, 4) is 0 Å². The van der Waals surface area contributed by atoms with Crippen LogP contribution in [0.5, 0.6) is 0 Å². The van der Waals surface area contributed by atoms with Crippen LogP contribution in [0.15, 0.2) is 15.0 Å². The second-order valence-corrected chi connectivity index (χ2v) is 9.64. The molecule has 0 spiro atoms. The third-order valence-corrected chi connectivity index (χ3v) is 5.69. The minimum absolute atomic E-state index is 0.0567. The van der Waals surface area contributed by atoms with Gasteiger partial charge in [-0.05, 0) is 44.4 Å². The van der Waals surface area contributed by atoms with Crippen LogP contribution in [0.3, 0.4) is 0 Å². The van der Waals surface area contributed by atoms with Crippen molar-refractivity contribution in [3.05, 3.63) is 0 Å². The lowest BCUT2D eigenvalue weighted by Gasteiger charge is -2.27. The Balaban J connectivity index is 5.50. The van der Waals surface area contributed by atoms with Crippen molar-refractivity contribution >= 4 is 41.6 Å².